The van der Waals surface area contributed by atoms with Gasteiger partial charge in [0.25, 0.3) is 5.91 Å². The van der Waals surface area contributed by atoms with Gasteiger partial charge in [-0.1, -0.05) is 35.9 Å². The number of carbonyl (C=O) groups excluding carboxylic acids is 2. The van der Waals surface area contributed by atoms with Crippen molar-refractivity contribution in [2.24, 2.45) is 0 Å². The number of para-hydroxylation sites is 1. The second kappa shape index (κ2) is 10.5. The predicted octanol–water partition coefficient (Wildman–Crippen LogP) is 4.53. The summed E-state index contributed by atoms with van der Waals surface area (Å²) in [5.74, 6) is 0.514. The minimum Gasteiger partial charge on any atom is -0.486 e. The zero-order valence-electron chi connectivity index (χ0n) is 18.4. The van der Waals surface area contributed by atoms with Crippen LogP contribution in [0.1, 0.15) is 27.6 Å². The number of aliphatic hydroxyl groups is 1. The number of carbonyl (C=O) groups is 2. The van der Waals surface area contributed by atoms with E-state index in [0.29, 0.717) is 52.2 Å². The van der Waals surface area contributed by atoms with Crippen LogP contribution in [-0.2, 0) is 0 Å². The fourth-order valence-corrected chi connectivity index (χ4v) is 3.71. The van der Waals surface area contributed by atoms with E-state index in [1.54, 1.807) is 42.5 Å². The van der Waals surface area contributed by atoms with Crippen LogP contribution in [0, 0.1) is 6.92 Å². The molecule has 0 fully saturated rings. The Labute approximate surface area is 201 Å². The Kier molecular flexibility index (Phi) is 7.20. The molecule has 0 aromatic heterocycles. The summed E-state index contributed by atoms with van der Waals surface area (Å²) < 4.78 is 11.0. The van der Waals surface area contributed by atoms with Crippen molar-refractivity contribution in [1.29, 1.82) is 0 Å². The van der Waals surface area contributed by atoms with Crippen LogP contribution in [0.4, 0.5) is 16.2 Å². The van der Waals surface area contributed by atoms with Gasteiger partial charge in [0, 0.05) is 23.5 Å². The molecule has 0 saturated carbocycles. The number of nitrogens with one attached hydrogen (secondary N) is 3. The van der Waals surface area contributed by atoms with Crippen LogP contribution < -0.4 is 25.4 Å². The minimum atomic E-state index is -1.00. The maximum atomic E-state index is 12.7. The van der Waals surface area contributed by atoms with Crippen LogP contribution in [0.15, 0.2) is 60.7 Å². The van der Waals surface area contributed by atoms with E-state index in [4.69, 9.17) is 21.1 Å². The Bertz CT molecular complexity index is 1200. The topological polar surface area (TPSA) is 109 Å². The first-order chi connectivity index (χ1) is 16.4. The fraction of sp³-hybridized carbons (Fsp3) is 0.200. The van der Waals surface area contributed by atoms with Crippen LogP contribution >= 0.6 is 11.6 Å². The van der Waals surface area contributed by atoms with Gasteiger partial charge in [-0.3, -0.25) is 4.79 Å². The van der Waals surface area contributed by atoms with E-state index >= 15 is 0 Å². The van der Waals surface area contributed by atoms with Crippen molar-refractivity contribution in [1.82, 2.24) is 5.32 Å². The summed E-state index contributed by atoms with van der Waals surface area (Å²) in [5.41, 5.74) is 2.79. The first-order valence-electron chi connectivity index (χ1n) is 10.7. The van der Waals surface area contributed by atoms with Crippen LogP contribution in [0.3, 0.4) is 0 Å². The van der Waals surface area contributed by atoms with Crippen molar-refractivity contribution < 1.29 is 24.2 Å². The lowest BCUT2D eigenvalue weighted by molar-refractivity contribution is 0.0916. The number of amides is 3. The summed E-state index contributed by atoms with van der Waals surface area (Å²) in [4.78, 5) is 25.0. The molecule has 4 rings (SSSR count). The molecule has 176 valence electrons. The molecular weight excluding hydrogens is 458 g/mol. The maximum absolute atomic E-state index is 12.7. The first-order valence-corrected chi connectivity index (χ1v) is 11.1. The highest BCUT2D eigenvalue weighted by Gasteiger charge is 2.20. The molecule has 1 aliphatic heterocycles. The van der Waals surface area contributed by atoms with Gasteiger partial charge < -0.3 is 30.5 Å². The third kappa shape index (κ3) is 5.59. The van der Waals surface area contributed by atoms with E-state index in [-0.39, 0.29) is 6.54 Å². The lowest BCUT2D eigenvalue weighted by Gasteiger charge is -2.21. The summed E-state index contributed by atoms with van der Waals surface area (Å²) in [6.07, 6.45) is -1.00. The van der Waals surface area contributed by atoms with Crippen LogP contribution in [0.25, 0.3) is 0 Å². The summed E-state index contributed by atoms with van der Waals surface area (Å²) in [7, 11) is 0. The van der Waals surface area contributed by atoms with E-state index in [0.717, 1.165) is 5.56 Å². The van der Waals surface area contributed by atoms with E-state index < -0.39 is 18.0 Å². The number of anilines is 2. The van der Waals surface area contributed by atoms with Crippen molar-refractivity contribution in [2.45, 2.75) is 13.0 Å². The molecule has 1 unspecified atom stereocenters. The first kappa shape index (κ1) is 23.4. The number of aliphatic hydroxyl groups excluding tert-OH is 1. The number of halogens is 1. The summed E-state index contributed by atoms with van der Waals surface area (Å²) in [6, 6.07) is 16.8. The number of rotatable bonds is 6. The molecule has 0 aliphatic carbocycles. The highest BCUT2D eigenvalue weighted by atomic mass is 35.5. The van der Waals surface area contributed by atoms with Gasteiger partial charge in [-0.15, -0.1) is 0 Å². The van der Waals surface area contributed by atoms with Crippen LogP contribution in [-0.4, -0.2) is 36.8 Å². The van der Waals surface area contributed by atoms with E-state index in [1.807, 2.05) is 25.1 Å². The largest absolute Gasteiger partial charge is 0.486 e. The van der Waals surface area contributed by atoms with Gasteiger partial charge in [0.2, 0.25) is 0 Å². The van der Waals surface area contributed by atoms with Gasteiger partial charge >= 0.3 is 6.03 Å². The number of urea groups is 1. The van der Waals surface area contributed by atoms with Gasteiger partial charge in [-0.2, -0.15) is 0 Å². The van der Waals surface area contributed by atoms with Gasteiger partial charge in [0.15, 0.2) is 11.5 Å². The SMILES string of the molecule is Cc1ccc(C(=O)NCC(O)c2cc(Cl)c3c(c2)OCCO3)cc1NC(=O)Nc1ccccc1. The highest BCUT2D eigenvalue weighted by Crippen LogP contribution is 2.39. The molecule has 1 atom stereocenters. The third-order valence-electron chi connectivity index (χ3n) is 5.24. The molecular formula is C25H24ClN3O5. The molecule has 34 heavy (non-hydrogen) atoms. The lowest BCUT2D eigenvalue weighted by atomic mass is 10.1. The predicted molar refractivity (Wildman–Crippen MR) is 130 cm³/mol. The van der Waals surface area contributed by atoms with Gasteiger partial charge in [0.1, 0.15) is 13.2 Å². The molecule has 1 aliphatic rings. The zero-order chi connectivity index (χ0) is 24.1. The molecule has 0 bridgehead atoms. The van der Waals surface area contributed by atoms with Crippen molar-refractivity contribution >= 4 is 34.9 Å². The van der Waals surface area contributed by atoms with E-state index in [1.165, 1.54) is 0 Å². The lowest BCUT2D eigenvalue weighted by Crippen LogP contribution is -2.28. The molecule has 9 heteroatoms. The molecule has 3 aromatic rings. The van der Waals surface area contributed by atoms with Crippen molar-refractivity contribution in [3.05, 3.63) is 82.4 Å². The molecule has 3 amide bonds. The van der Waals surface area contributed by atoms with Crippen LogP contribution in [0.2, 0.25) is 5.02 Å². The normalized spacial score (nSPS) is 13.0. The highest BCUT2D eigenvalue weighted by molar-refractivity contribution is 6.32. The van der Waals surface area contributed by atoms with Gasteiger partial charge in [0.05, 0.1) is 11.1 Å². The smallest absolute Gasteiger partial charge is 0.323 e. The monoisotopic (exact) mass is 481 g/mol. The zero-order valence-corrected chi connectivity index (χ0v) is 19.2. The molecule has 0 radical (unpaired) electrons. The van der Waals surface area contributed by atoms with E-state index in [2.05, 4.69) is 16.0 Å². The fourth-order valence-electron chi connectivity index (χ4n) is 3.44. The van der Waals surface area contributed by atoms with Crippen molar-refractivity contribution in [3.8, 4) is 11.5 Å². The second-order valence-corrected chi connectivity index (χ2v) is 8.13. The van der Waals surface area contributed by atoms with Gasteiger partial charge in [-0.05, 0) is 54.4 Å². The number of ether oxygens (including phenoxy) is 2. The standard InChI is InChI=1S/C25H24ClN3O5/c1-15-7-8-16(12-20(15)29-25(32)28-18-5-3-2-4-6-18)24(31)27-14-21(30)17-11-19(26)23-22(13-17)33-9-10-34-23/h2-8,11-13,21,30H,9-10,14H2,1H3,(H,27,31)(H2,28,29,32). The molecule has 1 heterocycles. The van der Waals surface area contributed by atoms with Crippen molar-refractivity contribution in [3.63, 3.8) is 0 Å². The Morgan fingerprint density at radius 3 is 2.59 bits per heavy atom. The quantitative estimate of drug-likeness (QED) is 0.413. The Morgan fingerprint density at radius 1 is 1.03 bits per heavy atom. The second-order valence-electron chi connectivity index (χ2n) is 7.73. The van der Waals surface area contributed by atoms with Gasteiger partial charge in [-0.25, -0.2) is 4.79 Å². The molecule has 0 saturated heterocycles. The Morgan fingerprint density at radius 2 is 1.79 bits per heavy atom. The third-order valence-corrected chi connectivity index (χ3v) is 5.52. The Balaban J connectivity index is 1.38. The molecule has 3 aromatic carbocycles. The number of aryl methyl sites for hydroxylation is 1. The summed E-state index contributed by atoms with van der Waals surface area (Å²) in [6.45, 7) is 2.59. The van der Waals surface area contributed by atoms with Crippen molar-refractivity contribution in [2.75, 3.05) is 30.4 Å². The van der Waals surface area contributed by atoms with Crippen LogP contribution in [0.5, 0.6) is 11.5 Å². The number of hydrogen-bond acceptors (Lipinski definition) is 5. The number of benzene rings is 3. The number of hydrogen-bond donors (Lipinski definition) is 4. The van der Waals surface area contributed by atoms with E-state index in [9.17, 15) is 14.7 Å². The molecule has 4 N–H and O–H groups in total. The molecule has 8 nitrogen and oxygen atoms in total. The summed E-state index contributed by atoms with van der Waals surface area (Å²) >= 11 is 6.23. The molecule has 0 spiro atoms. The number of fused-ring (bicyclic) bond motifs is 1. The average molecular weight is 482 g/mol. The summed E-state index contributed by atoms with van der Waals surface area (Å²) in [5, 5.41) is 19.1. The Hall–Kier alpha value is -3.75. The average Bonchev–Trinajstić information content (AvgIpc) is 2.84. The minimum absolute atomic E-state index is 0.0417. The maximum Gasteiger partial charge on any atom is 0.323 e.